The number of anilines is 3. The Morgan fingerprint density at radius 1 is 1.25 bits per heavy atom. The number of benzene rings is 1. The van der Waals surface area contributed by atoms with E-state index in [-0.39, 0.29) is 6.79 Å². The minimum atomic E-state index is 0.264. The number of hydrogen-bond donors (Lipinski definition) is 1. The van der Waals surface area contributed by atoms with E-state index in [1.165, 1.54) is 19.3 Å². The molecule has 1 N–H and O–H groups in total. The SMILES string of the molecule is CCC1CCCCN1c1cnnc(Nc2ccc3c(c2)OCO3)n1. The molecule has 4 rings (SSSR count). The Hall–Kier alpha value is -2.57. The van der Waals surface area contributed by atoms with Gasteiger partial charge in [-0.05, 0) is 37.8 Å². The molecule has 0 radical (unpaired) electrons. The zero-order valence-corrected chi connectivity index (χ0v) is 13.7. The van der Waals surface area contributed by atoms with Gasteiger partial charge < -0.3 is 19.7 Å². The monoisotopic (exact) mass is 327 g/mol. The summed E-state index contributed by atoms with van der Waals surface area (Å²) in [4.78, 5) is 7.00. The molecule has 1 saturated heterocycles. The fraction of sp³-hybridized carbons (Fsp3) is 0.471. The van der Waals surface area contributed by atoms with Crippen molar-refractivity contribution in [2.24, 2.45) is 0 Å². The van der Waals surface area contributed by atoms with Crippen LogP contribution in [0.1, 0.15) is 32.6 Å². The minimum Gasteiger partial charge on any atom is -0.454 e. The molecule has 0 spiro atoms. The highest BCUT2D eigenvalue weighted by Crippen LogP contribution is 2.35. The summed E-state index contributed by atoms with van der Waals surface area (Å²) in [6.07, 6.45) is 6.57. The van der Waals surface area contributed by atoms with Gasteiger partial charge >= 0.3 is 0 Å². The number of nitrogens with zero attached hydrogens (tertiary/aromatic N) is 4. The summed E-state index contributed by atoms with van der Waals surface area (Å²) in [6, 6.07) is 6.21. The van der Waals surface area contributed by atoms with E-state index in [4.69, 9.17) is 9.47 Å². The van der Waals surface area contributed by atoms with E-state index in [1.807, 2.05) is 18.2 Å². The van der Waals surface area contributed by atoms with Gasteiger partial charge in [-0.25, -0.2) is 0 Å². The lowest BCUT2D eigenvalue weighted by atomic mass is 10.0. The summed E-state index contributed by atoms with van der Waals surface area (Å²) < 4.78 is 10.7. The zero-order valence-electron chi connectivity index (χ0n) is 13.7. The first-order chi connectivity index (χ1) is 11.8. The molecule has 1 aromatic carbocycles. The second kappa shape index (κ2) is 6.51. The zero-order chi connectivity index (χ0) is 16.4. The molecule has 24 heavy (non-hydrogen) atoms. The third kappa shape index (κ3) is 2.93. The molecule has 0 amide bonds. The largest absolute Gasteiger partial charge is 0.454 e. The maximum absolute atomic E-state index is 5.40. The Kier molecular flexibility index (Phi) is 4.06. The van der Waals surface area contributed by atoms with Crippen molar-refractivity contribution >= 4 is 17.5 Å². The highest BCUT2D eigenvalue weighted by atomic mass is 16.7. The second-order valence-corrected chi connectivity index (χ2v) is 6.08. The van der Waals surface area contributed by atoms with Crippen LogP contribution >= 0.6 is 0 Å². The molecule has 0 bridgehead atoms. The lowest BCUT2D eigenvalue weighted by Crippen LogP contribution is -2.39. The summed E-state index contributed by atoms with van der Waals surface area (Å²) in [7, 11) is 0. The van der Waals surface area contributed by atoms with Crippen molar-refractivity contribution in [3.63, 3.8) is 0 Å². The van der Waals surface area contributed by atoms with Gasteiger partial charge in [0.25, 0.3) is 0 Å². The molecule has 126 valence electrons. The van der Waals surface area contributed by atoms with Gasteiger partial charge in [0.1, 0.15) is 0 Å². The number of rotatable bonds is 4. The van der Waals surface area contributed by atoms with E-state index in [0.29, 0.717) is 12.0 Å². The van der Waals surface area contributed by atoms with Crippen LogP contribution in [0.5, 0.6) is 11.5 Å². The Morgan fingerprint density at radius 3 is 3.08 bits per heavy atom. The molecule has 1 atom stereocenters. The Bertz CT molecular complexity index is 724. The molecule has 2 aromatic rings. The van der Waals surface area contributed by atoms with Crippen LogP contribution in [0.4, 0.5) is 17.5 Å². The van der Waals surface area contributed by atoms with Crippen molar-refractivity contribution in [2.45, 2.75) is 38.6 Å². The highest BCUT2D eigenvalue weighted by Gasteiger charge is 2.22. The van der Waals surface area contributed by atoms with Crippen molar-refractivity contribution in [1.82, 2.24) is 15.2 Å². The molecule has 7 heteroatoms. The van der Waals surface area contributed by atoms with Crippen LogP contribution in [-0.4, -0.2) is 34.6 Å². The van der Waals surface area contributed by atoms with Crippen molar-refractivity contribution in [3.05, 3.63) is 24.4 Å². The molecule has 0 saturated carbocycles. The third-order valence-corrected chi connectivity index (χ3v) is 4.57. The summed E-state index contributed by atoms with van der Waals surface area (Å²) in [5.74, 6) is 2.87. The van der Waals surface area contributed by atoms with Crippen molar-refractivity contribution < 1.29 is 9.47 Å². The molecule has 1 unspecified atom stereocenters. The molecule has 2 aliphatic heterocycles. The first-order valence-corrected chi connectivity index (χ1v) is 8.46. The fourth-order valence-electron chi connectivity index (χ4n) is 3.32. The number of hydrogen-bond acceptors (Lipinski definition) is 7. The topological polar surface area (TPSA) is 72.4 Å². The standard InChI is InChI=1S/C17H21N5O2/c1-2-13-5-3-4-8-22(13)16-10-18-21-17(20-16)19-12-6-7-14-15(9-12)24-11-23-14/h6-7,9-10,13H,2-5,8,11H2,1H3,(H,19,20,21). The van der Waals surface area contributed by atoms with Crippen LogP contribution in [0.15, 0.2) is 24.4 Å². The van der Waals surface area contributed by atoms with Crippen LogP contribution in [0.3, 0.4) is 0 Å². The van der Waals surface area contributed by atoms with Gasteiger partial charge in [0.2, 0.25) is 12.7 Å². The average Bonchev–Trinajstić information content (AvgIpc) is 3.10. The van der Waals surface area contributed by atoms with Gasteiger partial charge in [-0.2, -0.15) is 10.1 Å². The van der Waals surface area contributed by atoms with Crippen molar-refractivity contribution in [1.29, 1.82) is 0 Å². The van der Waals surface area contributed by atoms with Gasteiger partial charge in [0, 0.05) is 24.3 Å². The number of nitrogens with one attached hydrogen (secondary N) is 1. The molecule has 2 aliphatic rings. The lowest BCUT2D eigenvalue weighted by Gasteiger charge is -2.35. The fourth-order valence-corrected chi connectivity index (χ4v) is 3.32. The van der Waals surface area contributed by atoms with Crippen molar-refractivity contribution in [3.8, 4) is 11.5 Å². The quantitative estimate of drug-likeness (QED) is 0.925. The van der Waals surface area contributed by atoms with E-state index in [1.54, 1.807) is 6.20 Å². The van der Waals surface area contributed by atoms with Gasteiger partial charge in [0.05, 0.1) is 6.20 Å². The third-order valence-electron chi connectivity index (χ3n) is 4.57. The van der Waals surface area contributed by atoms with Gasteiger partial charge in [-0.3, -0.25) is 0 Å². The molecular weight excluding hydrogens is 306 g/mol. The molecule has 7 nitrogen and oxygen atoms in total. The predicted molar refractivity (Wildman–Crippen MR) is 91.0 cm³/mol. The maximum Gasteiger partial charge on any atom is 0.249 e. The molecule has 3 heterocycles. The Labute approximate surface area is 141 Å². The van der Waals surface area contributed by atoms with Gasteiger partial charge in [-0.1, -0.05) is 6.92 Å². The van der Waals surface area contributed by atoms with E-state index < -0.39 is 0 Å². The number of ether oxygens (including phenoxy) is 2. The number of piperidine rings is 1. The van der Waals surface area contributed by atoms with E-state index in [0.717, 1.165) is 36.0 Å². The summed E-state index contributed by atoms with van der Waals surface area (Å²) >= 11 is 0. The van der Waals surface area contributed by atoms with Gasteiger partial charge in [-0.15, -0.1) is 5.10 Å². The van der Waals surface area contributed by atoms with E-state index in [2.05, 4.69) is 32.3 Å². The Morgan fingerprint density at radius 2 is 2.17 bits per heavy atom. The lowest BCUT2D eigenvalue weighted by molar-refractivity contribution is 0.174. The minimum absolute atomic E-state index is 0.264. The molecular formula is C17H21N5O2. The normalized spacial score (nSPS) is 19.4. The van der Waals surface area contributed by atoms with Crippen LogP contribution in [0.2, 0.25) is 0 Å². The van der Waals surface area contributed by atoms with Crippen LogP contribution in [0.25, 0.3) is 0 Å². The van der Waals surface area contributed by atoms with Crippen LogP contribution < -0.4 is 19.7 Å². The number of aromatic nitrogens is 3. The average molecular weight is 327 g/mol. The number of fused-ring (bicyclic) bond motifs is 1. The van der Waals surface area contributed by atoms with Crippen LogP contribution in [0, 0.1) is 0 Å². The predicted octanol–water partition coefficient (Wildman–Crippen LogP) is 3.11. The Balaban J connectivity index is 1.54. The summed E-state index contributed by atoms with van der Waals surface area (Å²) in [5, 5.41) is 11.4. The summed E-state index contributed by atoms with van der Waals surface area (Å²) in [6.45, 7) is 3.52. The molecule has 1 aromatic heterocycles. The van der Waals surface area contributed by atoms with Gasteiger partial charge in [0.15, 0.2) is 17.3 Å². The second-order valence-electron chi connectivity index (χ2n) is 6.08. The van der Waals surface area contributed by atoms with Crippen molar-refractivity contribution in [2.75, 3.05) is 23.6 Å². The first-order valence-electron chi connectivity index (χ1n) is 8.46. The summed E-state index contributed by atoms with van der Waals surface area (Å²) in [5.41, 5.74) is 0.851. The van der Waals surface area contributed by atoms with Crippen LogP contribution in [-0.2, 0) is 0 Å². The maximum atomic E-state index is 5.40. The highest BCUT2D eigenvalue weighted by molar-refractivity contribution is 5.60. The smallest absolute Gasteiger partial charge is 0.249 e. The first kappa shape index (κ1) is 15.0. The molecule has 0 aliphatic carbocycles. The van der Waals surface area contributed by atoms with E-state index in [9.17, 15) is 0 Å². The van der Waals surface area contributed by atoms with E-state index >= 15 is 0 Å². The molecule has 1 fully saturated rings.